The Bertz CT molecular complexity index is 857. The summed E-state index contributed by atoms with van der Waals surface area (Å²) in [5.41, 5.74) is 6.69. The van der Waals surface area contributed by atoms with E-state index in [1.54, 1.807) is 28.8 Å². The highest BCUT2D eigenvalue weighted by Crippen LogP contribution is 2.11. The summed E-state index contributed by atoms with van der Waals surface area (Å²) in [7, 11) is 0. The van der Waals surface area contributed by atoms with Gasteiger partial charge in [0.25, 0.3) is 5.91 Å². The van der Waals surface area contributed by atoms with Crippen LogP contribution in [0.25, 0.3) is 5.65 Å². The molecule has 2 aromatic heterocycles. The Balaban J connectivity index is 1.60. The number of primary amides is 1. The largest absolute Gasteiger partial charge is 0.453 e. The molecule has 0 atom stereocenters. The molecule has 0 radical (unpaired) electrons. The zero-order valence-electron chi connectivity index (χ0n) is 12.0. The van der Waals surface area contributed by atoms with E-state index in [2.05, 4.69) is 15.5 Å². The zero-order chi connectivity index (χ0) is 16.2. The van der Waals surface area contributed by atoms with Gasteiger partial charge in [0.15, 0.2) is 12.3 Å². The van der Waals surface area contributed by atoms with Crippen LogP contribution in [0.3, 0.4) is 0 Å². The van der Waals surface area contributed by atoms with Crippen LogP contribution in [0.15, 0.2) is 48.7 Å². The van der Waals surface area contributed by atoms with Gasteiger partial charge in [-0.15, -0.1) is 5.10 Å². The van der Waals surface area contributed by atoms with E-state index in [4.69, 9.17) is 10.5 Å². The first-order chi connectivity index (χ1) is 11.1. The number of hydrogen-bond acceptors (Lipinski definition) is 5. The molecule has 8 heteroatoms. The SMILES string of the molecule is NC(=O)c1ccc(NC(=O)COc2nnc3ccccn23)cc1. The molecule has 3 N–H and O–H groups in total. The lowest BCUT2D eigenvalue weighted by molar-refractivity contribution is -0.118. The first kappa shape index (κ1) is 14.5. The standard InChI is InChI=1S/C15H13N5O3/c16-14(22)10-4-6-11(7-5-10)17-13(21)9-23-15-19-18-12-3-1-2-8-20(12)15/h1-8H,9H2,(H2,16,22)(H,17,21). The minimum atomic E-state index is -0.523. The lowest BCUT2D eigenvalue weighted by atomic mass is 10.2. The number of carbonyl (C=O) groups is 2. The van der Waals surface area contributed by atoms with Crippen molar-refractivity contribution in [2.45, 2.75) is 0 Å². The minimum Gasteiger partial charge on any atom is -0.453 e. The highest BCUT2D eigenvalue weighted by molar-refractivity contribution is 5.95. The van der Waals surface area contributed by atoms with Gasteiger partial charge in [-0.05, 0) is 36.4 Å². The lowest BCUT2D eigenvalue weighted by Gasteiger charge is -2.06. The molecule has 0 aliphatic rings. The van der Waals surface area contributed by atoms with Crippen LogP contribution in [-0.2, 0) is 4.79 Å². The monoisotopic (exact) mass is 311 g/mol. The van der Waals surface area contributed by atoms with Crippen LogP contribution in [0.4, 0.5) is 5.69 Å². The summed E-state index contributed by atoms with van der Waals surface area (Å²) in [6.07, 6.45) is 1.74. The maximum Gasteiger partial charge on any atom is 0.322 e. The van der Waals surface area contributed by atoms with E-state index in [9.17, 15) is 9.59 Å². The Hall–Kier alpha value is -3.42. The summed E-state index contributed by atoms with van der Waals surface area (Å²) in [5.74, 6) is -0.880. The fourth-order valence-electron chi connectivity index (χ4n) is 1.96. The second-order valence-electron chi connectivity index (χ2n) is 4.69. The maximum atomic E-state index is 11.9. The molecular weight excluding hydrogens is 298 g/mol. The van der Waals surface area contributed by atoms with Crippen molar-refractivity contribution in [2.75, 3.05) is 11.9 Å². The van der Waals surface area contributed by atoms with Crippen LogP contribution in [0.5, 0.6) is 6.01 Å². The molecule has 2 heterocycles. The first-order valence-electron chi connectivity index (χ1n) is 6.76. The summed E-state index contributed by atoms with van der Waals surface area (Å²) >= 11 is 0. The number of fused-ring (bicyclic) bond motifs is 1. The number of anilines is 1. The van der Waals surface area contributed by atoms with Gasteiger partial charge in [0.1, 0.15) is 0 Å². The second kappa shape index (κ2) is 6.14. The number of ether oxygens (including phenoxy) is 1. The third kappa shape index (κ3) is 3.26. The molecule has 0 saturated heterocycles. The van der Waals surface area contributed by atoms with Gasteiger partial charge in [0, 0.05) is 17.4 Å². The summed E-state index contributed by atoms with van der Waals surface area (Å²) < 4.78 is 6.99. The van der Waals surface area contributed by atoms with Crippen LogP contribution in [0.2, 0.25) is 0 Å². The van der Waals surface area contributed by atoms with Gasteiger partial charge in [0.2, 0.25) is 5.91 Å². The highest BCUT2D eigenvalue weighted by atomic mass is 16.5. The van der Waals surface area contributed by atoms with E-state index in [1.807, 2.05) is 12.1 Å². The molecule has 0 fully saturated rings. The average molecular weight is 311 g/mol. The van der Waals surface area contributed by atoms with E-state index in [0.717, 1.165) is 0 Å². The van der Waals surface area contributed by atoms with Gasteiger partial charge in [-0.3, -0.25) is 14.0 Å². The predicted octanol–water partition coefficient (Wildman–Crippen LogP) is 0.846. The Morgan fingerprint density at radius 2 is 1.91 bits per heavy atom. The molecule has 3 aromatic rings. The summed E-state index contributed by atoms with van der Waals surface area (Å²) in [4.78, 5) is 22.9. The van der Waals surface area contributed by atoms with Crippen molar-refractivity contribution < 1.29 is 14.3 Å². The number of carbonyl (C=O) groups excluding carboxylic acids is 2. The number of pyridine rings is 1. The van der Waals surface area contributed by atoms with E-state index < -0.39 is 5.91 Å². The fourth-order valence-corrected chi connectivity index (χ4v) is 1.96. The molecule has 23 heavy (non-hydrogen) atoms. The van der Waals surface area contributed by atoms with E-state index in [0.29, 0.717) is 16.9 Å². The number of amides is 2. The number of hydrogen-bond donors (Lipinski definition) is 2. The number of rotatable bonds is 5. The van der Waals surface area contributed by atoms with Gasteiger partial charge >= 0.3 is 6.01 Å². The van der Waals surface area contributed by atoms with E-state index in [1.165, 1.54) is 12.1 Å². The van der Waals surface area contributed by atoms with Gasteiger partial charge in [0.05, 0.1) is 0 Å². The van der Waals surface area contributed by atoms with Crippen molar-refractivity contribution in [3.63, 3.8) is 0 Å². The summed E-state index contributed by atoms with van der Waals surface area (Å²) in [6, 6.07) is 11.9. The van der Waals surface area contributed by atoms with Crippen LogP contribution in [0, 0.1) is 0 Å². The molecule has 0 unspecified atom stereocenters. The fraction of sp³-hybridized carbons (Fsp3) is 0.0667. The number of nitrogens with two attached hydrogens (primary N) is 1. The van der Waals surface area contributed by atoms with Crippen molar-refractivity contribution in [1.82, 2.24) is 14.6 Å². The zero-order valence-corrected chi connectivity index (χ0v) is 12.0. The van der Waals surface area contributed by atoms with Gasteiger partial charge in [-0.25, -0.2) is 0 Å². The molecule has 2 amide bonds. The summed E-state index contributed by atoms with van der Waals surface area (Å²) in [5, 5.41) is 10.4. The van der Waals surface area contributed by atoms with Crippen LogP contribution in [-0.4, -0.2) is 33.0 Å². The third-order valence-corrected chi connectivity index (χ3v) is 3.07. The molecule has 3 rings (SSSR count). The Kier molecular flexibility index (Phi) is 3.88. The molecule has 0 spiro atoms. The van der Waals surface area contributed by atoms with E-state index >= 15 is 0 Å². The molecular formula is C15H13N5O3. The molecule has 0 aliphatic carbocycles. The molecule has 0 aliphatic heterocycles. The quantitative estimate of drug-likeness (QED) is 0.725. The highest BCUT2D eigenvalue weighted by Gasteiger charge is 2.09. The smallest absolute Gasteiger partial charge is 0.322 e. The topological polar surface area (TPSA) is 112 Å². The average Bonchev–Trinajstić information content (AvgIpc) is 2.97. The first-order valence-corrected chi connectivity index (χ1v) is 6.76. The number of benzene rings is 1. The molecule has 1 aromatic carbocycles. The molecule has 0 saturated carbocycles. The van der Waals surface area contributed by atoms with Crippen molar-refractivity contribution in [2.24, 2.45) is 5.73 Å². The maximum absolute atomic E-state index is 11.9. The molecule has 116 valence electrons. The molecule has 0 bridgehead atoms. The molecule has 8 nitrogen and oxygen atoms in total. The van der Waals surface area contributed by atoms with Crippen LogP contribution >= 0.6 is 0 Å². The van der Waals surface area contributed by atoms with Crippen molar-refractivity contribution in [3.8, 4) is 6.01 Å². The van der Waals surface area contributed by atoms with Crippen molar-refractivity contribution in [1.29, 1.82) is 0 Å². The third-order valence-electron chi connectivity index (χ3n) is 3.07. The van der Waals surface area contributed by atoms with Gasteiger partial charge < -0.3 is 15.8 Å². The van der Waals surface area contributed by atoms with Gasteiger partial charge in [-0.2, -0.15) is 0 Å². The Labute approximate surface area is 130 Å². The van der Waals surface area contributed by atoms with E-state index in [-0.39, 0.29) is 18.5 Å². The number of nitrogens with one attached hydrogen (secondary N) is 1. The lowest BCUT2D eigenvalue weighted by Crippen LogP contribution is -2.21. The minimum absolute atomic E-state index is 0.215. The Morgan fingerprint density at radius 3 is 2.65 bits per heavy atom. The predicted molar refractivity (Wildman–Crippen MR) is 82.1 cm³/mol. The van der Waals surface area contributed by atoms with Crippen molar-refractivity contribution in [3.05, 3.63) is 54.2 Å². The normalized spacial score (nSPS) is 10.4. The van der Waals surface area contributed by atoms with Crippen LogP contribution in [0.1, 0.15) is 10.4 Å². The van der Waals surface area contributed by atoms with Crippen molar-refractivity contribution >= 4 is 23.1 Å². The number of aromatic nitrogens is 3. The summed E-state index contributed by atoms with van der Waals surface area (Å²) in [6.45, 7) is -0.215. The second-order valence-corrected chi connectivity index (χ2v) is 4.69. The Morgan fingerprint density at radius 1 is 1.13 bits per heavy atom. The van der Waals surface area contributed by atoms with Gasteiger partial charge in [-0.1, -0.05) is 11.2 Å². The number of nitrogens with zero attached hydrogens (tertiary/aromatic N) is 3. The van der Waals surface area contributed by atoms with Crippen LogP contribution < -0.4 is 15.8 Å².